The molecule has 1 heterocycles. The van der Waals surface area contributed by atoms with Crippen LogP contribution in [0.25, 0.3) is 0 Å². The Hall–Kier alpha value is -2.98. The molecule has 4 nitrogen and oxygen atoms in total. The standard InChI is InChI=1S/C23H19ClO4/c1-26-18-12-20(27-2)22-19(25)14-23(28-21(22)13-18,15-6-4-3-5-7-15)16-8-10-17(24)11-9-16/h3-13H,14H2,1-2H3. The zero-order valence-corrected chi connectivity index (χ0v) is 16.3. The normalized spacial score (nSPS) is 18.2. The quantitative estimate of drug-likeness (QED) is 0.605. The number of carbonyl (C=O) groups is 1. The highest BCUT2D eigenvalue weighted by Crippen LogP contribution is 2.48. The van der Waals surface area contributed by atoms with Crippen molar-refractivity contribution < 1.29 is 19.0 Å². The monoisotopic (exact) mass is 394 g/mol. The van der Waals surface area contributed by atoms with Crippen LogP contribution in [0.15, 0.2) is 66.7 Å². The minimum absolute atomic E-state index is 0.0560. The smallest absolute Gasteiger partial charge is 0.175 e. The first kappa shape index (κ1) is 18.4. The largest absolute Gasteiger partial charge is 0.496 e. The number of carbonyl (C=O) groups excluding carboxylic acids is 1. The molecule has 1 atom stereocenters. The van der Waals surface area contributed by atoms with E-state index in [1.54, 1.807) is 31.4 Å². The van der Waals surface area contributed by atoms with Crippen molar-refractivity contribution in [2.24, 2.45) is 0 Å². The van der Waals surface area contributed by atoms with Gasteiger partial charge < -0.3 is 14.2 Å². The van der Waals surface area contributed by atoms with Crippen LogP contribution in [-0.2, 0) is 5.60 Å². The van der Waals surface area contributed by atoms with Gasteiger partial charge in [0.1, 0.15) is 22.8 Å². The van der Waals surface area contributed by atoms with Crippen molar-refractivity contribution in [3.05, 3.63) is 88.4 Å². The highest BCUT2D eigenvalue weighted by Gasteiger charge is 2.45. The van der Waals surface area contributed by atoms with Gasteiger partial charge in [-0.3, -0.25) is 4.79 Å². The van der Waals surface area contributed by atoms with Gasteiger partial charge in [-0.2, -0.15) is 0 Å². The predicted octanol–water partition coefficient (Wildman–Crippen LogP) is 5.27. The van der Waals surface area contributed by atoms with Crippen molar-refractivity contribution >= 4 is 17.4 Å². The molecule has 0 radical (unpaired) electrons. The Kier molecular flexibility index (Phi) is 4.73. The van der Waals surface area contributed by atoms with Gasteiger partial charge in [-0.1, -0.05) is 54.1 Å². The van der Waals surface area contributed by atoms with E-state index in [1.165, 1.54) is 7.11 Å². The average Bonchev–Trinajstić information content (AvgIpc) is 2.73. The van der Waals surface area contributed by atoms with Gasteiger partial charge in [0.2, 0.25) is 0 Å². The van der Waals surface area contributed by atoms with Crippen molar-refractivity contribution in [3.63, 3.8) is 0 Å². The lowest BCUT2D eigenvalue weighted by Gasteiger charge is -2.39. The third-order valence-corrected chi connectivity index (χ3v) is 5.27. The molecule has 1 aliphatic rings. The van der Waals surface area contributed by atoms with E-state index in [1.807, 2.05) is 42.5 Å². The molecule has 0 saturated carbocycles. The van der Waals surface area contributed by atoms with Crippen LogP contribution in [0.3, 0.4) is 0 Å². The van der Waals surface area contributed by atoms with Crippen LogP contribution < -0.4 is 14.2 Å². The minimum atomic E-state index is -0.965. The number of ketones is 1. The van der Waals surface area contributed by atoms with Crippen LogP contribution in [0, 0.1) is 0 Å². The van der Waals surface area contributed by atoms with E-state index in [4.69, 9.17) is 25.8 Å². The Morgan fingerprint density at radius 2 is 1.61 bits per heavy atom. The highest BCUT2D eigenvalue weighted by molar-refractivity contribution is 6.30. The van der Waals surface area contributed by atoms with Gasteiger partial charge >= 0.3 is 0 Å². The average molecular weight is 395 g/mol. The number of halogens is 1. The lowest BCUT2D eigenvalue weighted by Crippen LogP contribution is -2.40. The van der Waals surface area contributed by atoms with Crippen molar-refractivity contribution in [1.29, 1.82) is 0 Å². The summed E-state index contributed by atoms with van der Waals surface area (Å²) < 4.78 is 17.4. The van der Waals surface area contributed by atoms with Crippen LogP contribution in [0.4, 0.5) is 0 Å². The van der Waals surface area contributed by atoms with Crippen molar-refractivity contribution in [2.75, 3.05) is 14.2 Å². The lowest BCUT2D eigenvalue weighted by atomic mass is 9.79. The molecule has 1 aliphatic heterocycles. The molecule has 0 amide bonds. The second kappa shape index (κ2) is 7.21. The van der Waals surface area contributed by atoms with Crippen LogP contribution in [0.2, 0.25) is 5.02 Å². The van der Waals surface area contributed by atoms with Gasteiger partial charge in [-0.05, 0) is 12.1 Å². The summed E-state index contributed by atoms with van der Waals surface area (Å²) in [5, 5.41) is 0.623. The number of rotatable bonds is 4. The summed E-state index contributed by atoms with van der Waals surface area (Å²) in [5.74, 6) is 1.38. The first-order valence-electron chi connectivity index (χ1n) is 8.87. The molecular weight excluding hydrogens is 376 g/mol. The Labute approximate surface area is 168 Å². The maximum Gasteiger partial charge on any atom is 0.175 e. The molecule has 3 aromatic rings. The van der Waals surface area contributed by atoms with Gasteiger partial charge in [0.25, 0.3) is 0 Å². The van der Waals surface area contributed by atoms with Crippen molar-refractivity contribution in [1.82, 2.24) is 0 Å². The summed E-state index contributed by atoms with van der Waals surface area (Å²) in [6, 6.07) is 20.5. The van der Waals surface area contributed by atoms with Crippen LogP contribution in [0.5, 0.6) is 17.2 Å². The number of methoxy groups -OCH3 is 2. The third kappa shape index (κ3) is 3.00. The number of hydrogen-bond donors (Lipinski definition) is 0. The van der Waals surface area contributed by atoms with Gasteiger partial charge in [0.15, 0.2) is 11.4 Å². The van der Waals surface area contributed by atoms with Crippen LogP contribution in [0.1, 0.15) is 27.9 Å². The molecule has 4 rings (SSSR count). The number of benzene rings is 3. The molecule has 0 saturated heterocycles. The van der Waals surface area contributed by atoms with E-state index in [9.17, 15) is 4.79 Å². The van der Waals surface area contributed by atoms with E-state index < -0.39 is 5.60 Å². The Bertz CT molecular complexity index is 1010. The molecule has 142 valence electrons. The lowest BCUT2D eigenvalue weighted by molar-refractivity contribution is 0.0609. The number of fused-ring (bicyclic) bond motifs is 1. The molecule has 3 aromatic carbocycles. The SMILES string of the molecule is COc1cc(OC)c2c(c1)OC(c1ccccc1)(c1ccc(Cl)cc1)CC2=O. The molecule has 0 fully saturated rings. The number of ether oxygens (including phenoxy) is 3. The van der Waals surface area contributed by atoms with E-state index in [-0.39, 0.29) is 12.2 Å². The highest BCUT2D eigenvalue weighted by atomic mass is 35.5. The zero-order chi connectivity index (χ0) is 19.7. The van der Waals surface area contributed by atoms with Gasteiger partial charge in [0.05, 0.1) is 20.6 Å². The minimum Gasteiger partial charge on any atom is -0.496 e. The molecule has 1 unspecified atom stereocenters. The molecule has 0 bridgehead atoms. The summed E-state index contributed by atoms with van der Waals surface area (Å²) in [4.78, 5) is 13.3. The summed E-state index contributed by atoms with van der Waals surface area (Å²) in [6.07, 6.45) is 0.147. The maximum atomic E-state index is 13.3. The van der Waals surface area contributed by atoms with E-state index in [0.29, 0.717) is 27.8 Å². The Balaban J connectivity index is 1.95. The molecule has 0 spiro atoms. The van der Waals surface area contributed by atoms with E-state index >= 15 is 0 Å². The zero-order valence-electron chi connectivity index (χ0n) is 15.6. The van der Waals surface area contributed by atoms with Gasteiger partial charge in [-0.15, -0.1) is 0 Å². The molecule has 5 heteroatoms. The summed E-state index contributed by atoms with van der Waals surface area (Å²) >= 11 is 6.09. The van der Waals surface area contributed by atoms with E-state index in [2.05, 4.69) is 0 Å². The Morgan fingerprint density at radius 1 is 0.929 bits per heavy atom. The maximum absolute atomic E-state index is 13.3. The van der Waals surface area contributed by atoms with Crippen molar-refractivity contribution in [3.8, 4) is 17.2 Å². The molecular formula is C23H19ClO4. The summed E-state index contributed by atoms with van der Waals surface area (Å²) in [6.45, 7) is 0. The summed E-state index contributed by atoms with van der Waals surface area (Å²) in [5.41, 5.74) is 1.21. The molecule has 0 N–H and O–H groups in total. The predicted molar refractivity (Wildman–Crippen MR) is 108 cm³/mol. The molecule has 0 aromatic heterocycles. The summed E-state index contributed by atoms with van der Waals surface area (Å²) in [7, 11) is 3.09. The molecule has 28 heavy (non-hydrogen) atoms. The fraction of sp³-hybridized carbons (Fsp3) is 0.174. The second-order valence-electron chi connectivity index (χ2n) is 6.60. The van der Waals surface area contributed by atoms with E-state index in [0.717, 1.165) is 11.1 Å². The first-order chi connectivity index (χ1) is 13.6. The number of hydrogen-bond acceptors (Lipinski definition) is 4. The van der Waals surface area contributed by atoms with Crippen molar-refractivity contribution in [2.45, 2.75) is 12.0 Å². The Morgan fingerprint density at radius 3 is 2.25 bits per heavy atom. The van der Waals surface area contributed by atoms with Gasteiger partial charge in [0, 0.05) is 28.3 Å². The van der Waals surface area contributed by atoms with Gasteiger partial charge in [-0.25, -0.2) is 0 Å². The fourth-order valence-electron chi connectivity index (χ4n) is 3.65. The third-order valence-electron chi connectivity index (χ3n) is 5.02. The molecule has 0 aliphatic carbocycles. The van der Waals surface area contributed by atoms with Crippen LogP contribution in [-0.4, -0.2) is 20.0 Å². The first-order valence-corrected chi connectivity index (χ1v) is 9.25. The topological polar surface area (TPSA) is 44.8 Å². The second-order valence-corrected chi connectivity index (χ2v) is 7.04. The number of Topliss-reactive ketones (excluding diaryl/α,β-unsaturated/α-hetero) is 1. The fourth-order valence-corrected chi connectivity index (χ4v) is 3.78. The van der Waals surface area contributed by atoms with Crippen LogP contribution >= 0.6 is 11.6 Å².